The van der Waals surface area contributed by atoms with E-state index in [1.807, 2.05) is 18.5 Å². The summed E-state index contributed by atoms with van der Waals surface area (Å²) < 4.78 is 3.20. The van der Waals surface area contributed by atoms with Crippen molar-refractivity contribution in [2.75, 3.05) is 0 Å². The molecule has 2 aromatic heterocycles. The number of hydrogen-bond acceptors (Lipinski definition) is 3. The van der Waals surface area contributed by atoms with Gasteiger partial charge >= 0.3 is 0 Å². The van der Waals surface area contributed by atoms with Crippen LogP contribution in [0.15, 0.2) is 29.6 Å². The number of carbonyl (C=O) groups excluding carboxylic acids is 1. The van der Waals surface area contributed by atoms with Gasteiger partial charge in [0.05, 0.1) is 17.8 Å². The molecule has 0 fully saturated rings. The Labute approximate surface area is 115 Å². The summed E-state index contributed by atoms with van der Waals surface area (Å²) in [5.74, 6) is 0. The smallest absolute Gasteiger partial charge is 0.153 e. The Morgan fingerprint density at radius 1 is 1.32 bits per heavy atom. The topological polar surface area (TPSA) is 34.9 Å². The molecule has 96 valence electrons. The van der Waals surface area contributed by atoms with E-state index in [1.54, 1.807) is 11.3 Å². The van der Waals surface area contributed by atoms with Crippen LogP contribution in [-0.2, 0) is 6.54 Å². The first kappa shape index (κ1) is 12.1. The molecule has 0 N–H and O–H groups in total. The van der Waals surface area contributed by atoms with Gasteiger partial charge in [0, 0.05) is 10.4 Å². The molecule has 0 aliphatic carbocycles. The summed E-state index contributed by atoms with van der Waals surface area (Å²) in [6, 6.07) is 8.36. The first-order valence-corrected chi connectivity index (χ1v) is 7.03. The van der Waals surface area contributed by atoms with E-state index in [2.05, 4.69) is 34.7 Å². The number of carbonyl (C=O) groups is 1. The van der Waals surface area contributed by atoms with Gasteiger partial charge in [0.15, 0.2) is 6.29 Å². The molecule has 3 nitrogen and oxygen atoms in total. The minimum atomic E-state index is 0.708. The van der Waals surface area contributed by atoms with E-state index in [4.69, 9.17) is 0 Å². The molecule has 0 unspecified atom stereocenters. The van der Waals surface area contributed by atoms with Gasteiger partial charge in [-0.1, -0.05) is 18.2 Å². The average molecular weight is 270 g/mol. The van der Waals surface area contributed by atoms with Crippen LogP contribution in [0.4, 0.5) is 0 Å². The molecule has 1 aromatic carbocycles. The van der Waals surface area contributed by atoms with Crippen LogP contribution in [0.2, 0.25) is 0 Å². The molecule has 0 radical (unpaired) electrons. The number of thiophene rings is 1. The summed E-state index contributed by atoms with van der Waals surface area (Å²) in [6.07, 6.45) is 0.889. The Balaban J connectivity index is 2.04. The molecule has 0 spiro atoms. The molecule has 0 saturated carbocycles. The van der Waals surface area contributed by atoms with Crippen molar-refractivity contribution in [2.45, 2.75) is 20.4 Å². The molecular weight excluding hydrogens is 256 g/mol. The van der Waals surface area contributed by atoms with Crippen molar-refractivity contribution >= 4 is 27.7 Å². The third-order valence-electron chi connectivity index (χ3n) is 3.44. The maximum Gasteiger partial charge on any atom is 0.153 e. The van der Waals surface area contributed by atoms with Crippen LogP contribution in [0.25, 0.3) is 10.1 Å². The van der Waals surface area contributed by atoms with Gasteiger partial charge in [-0.25, -0.2) is 0 Å². The van der Waals surface area contributed by atoms with E-state index < -0.39 is 0 Å². The SMILES string of the molecule is Cc1nn(Cc2csc3ccccc23)c(C)c1C=O. The van der Waals surface area contributed by atoms with Gasteiger partial charge in [-0.3, -0.25) is 9.48 Å². The van der Waals surface area contributed by atoms with Crippen molar-refractivity contribution in [1.29, 1.82) is 0 Å². The van der Waals surface area contributed by atoms with Crippen LogP contribution in [0.5, 0.6) is 0 Å². The van der Waals surface area contributed by atoms with Crippen LogP contribution < -0.4 is 0 Å². The number of aryl methyl sites for hydroxylation is 1. The maximum absolute atomic E-state index is 11.0. The predicted octanol–water partition coefficient (Wildman–Crippen LogP) is 3.58. The molecular formula is C15H14N2OS. The highest BCUT2D eigenvalue weighted by atomic mass is 32.1. The number of fused-ring (bicyclic) bond motifs is 1. The molecule has 0 aliphatic rings. The first-order chi connectivity index (χ1) is 9.20. The molecule has 3 rings (SSSR count). The molecule has 0 saturated heterocycles. The summed E-state index contributed by atoms with van der Waals surface area (Å²) in [5.41, 5.74) is 3.69. The summed E-state index contributed by atoms with van der Waals surface area (Å²) in [7, 11) is 0. The van der Waals surface area contributed by atoms with Crippen molar-refractivity contribution in [2.24, 2.45) is 0 Å². The Kier molecular flexibility index (Phi) is 2.95. The van der Waals surface area contributed by atoms with Crippen LogP contribution >= 0.6 is 11.3 Å². The monoisotopic (exact) mass is 270 g/mol. The lowest BCUT2D eigenvalue weighted by molar-refractivity contribution is 0.112. The first-order valence-electron chi connectivity index (χ1n) is 6.15. The summed E-state index contributed by atoms with van der Waals surface area (Å²) in [4.78, 5) is 11.0. The number of rotatable bonds is 3. The standard InChI is InChI=1S/C15H14N2OS/c1-10-14(8-18)11(2)17(16-10)7-12-9-19-15-6-4-3-5-13(12)15/h3-6,8-9H,7H2,1-2H3. The third-order valence-corrected chi connectivity index (χ3v) is 4.45. The summed E-state index contributed by atoms with van der Waals surface area (Å²) >= 11 is 1.75. The number of nitrogens with zero attached hydrogens (tertiary/aromatic N) is 2. The van der Waals surface area contributed by atoms with Crippen LogP contribution in [0.3, 0.4) is 0 Å². The second-order valence-electron chi connectivity index (χ2n) is 4.62. The quantitative estimate of drug-likeness (QED) is 0.682. The lowest BCUT2D eigenvalue weighted by atomic mass is 10.2. The van der Waals surface area contributed by atoms with Crippen LogP contribution in [-0.4, -0.2) is 16.1 Å². The van der Waals surface area contributed by atoms with Gasteiger partial charge < -0.3 is 0 Å². The normalized spacial score (nSPS) is 11.1. The lowest BCUT2D eigenvalue weighted by Gasteiger charge is -2.03. The van der Waals surface area contributed by atoms with Crippen LogP contribution in [0, 0.1) is 13.8 Å². The fraction of sp³-hybridized carbons (Fsp3) is 0.200. The van der Waals surface area contributed by atoms with Gasteiger partial charge in [0.25, 0.3) is 0 Å². The largest absolute Gasteiger partial charge is 0.298 e. The zero-order chi connectivity index (χ0) is 13.4. The Bertz CT molecular complexity index is 755. The number of aromatic nitrogens is 2. The number of hydrogen-bond donors (Lipinski definition) is 0. The van der Waals surface area contributed by atoms with Crippen LogP contribution in [0.1, 0.15) is 27.3 Å². The minimum absolute atomic E-state index is 0.708. The van der Waals surface area contributed by atoms with E-state index in [9.17, 15) is 4.79 Å². The van der Waals surface area contributed by atoms with Gasteiger partial charge in [0.1, 0.15) is 0 Å². The highest BCUT2D eigenvalue weighted by molar-refractivity contribution is 7.17. The van der Waals surface area contributed by atoms with Gasteiger partial charge in [-0.2, -0.15) is 5.10 Å². The molecule has 0 bridgehead atoms. The summed E-state index contributed by atoms with van der Waals surface area (Å²) in [6.45, 7) is 4.53. The second kappa shape index (κ2) is 4.63. The number of benzene rings is 1. The van der Waals surface area contributed by atoms with Crippen molar-refractivity contribution < 1.29 is 4.79 Å². The van der Waals surface area contributed by atoms with E-state index >= 15 is 0 Å². The van der Waals surface area contributed by atoms with Gasteiger partial charge in [-0.15, -0.1) is 11.3 Å². The molecule has 4 heteroatoms. The highest BCUT2D eigenvalue weighted by Crippen LogP contribution is 2.26. The zero-order valence-electron chi connectivity index (χ0n) is 10.9. The van der Waals surface area contributed by atoms with Crippen molar-refractivity contribution in [3.63, 3.8) is 0 Å². The van der Waals surface area contributed by atoms with Crippen molar-refractivity contribution in [1.82, 2.24) is 9.78 Å². The summed E-state index contributed by atoms with van der Waals surface area (Å²) in [5, 5.41) is 7.89. The van der Waals surface area contributed by atoms with E-state index in [0.717, 1.165) is 17.7 Å². The average Bonchev–Trinajstić information content (AvgIpc) is 2.93. The zero-order valence-corrected chi connectivity index (χ0v) is 11.7. The lowest BCUT2D eigenvalue weighted by Crippen LogP contribution is -2.03. The molecule has 0 atom stereocenters. The Hall–Kier alpha value is -1.94. The minimum Gasteiger partial charge on any atom is -0.298 e. The molecule has 0 aliphatic heterocycles. The van der Waals surface area contributed by atoms with E-state index in [1.165, 1.54) is 15.6 Å². The van der Waals surface area contributed by atoms with E-state index in [-0.39, 0.29) is 0 Å². The Morgan fingerprint density at radius 3 is 2.84 bits per heavy atom. The molecule has 19 heavy (non-hydrogen) atoms. The highest BCUT2D eigenvalue weighted by Gasteiger charge is 2.12. The predicted molar refractivity (Wildman–Crippen MR) is 78.0 cm³/mol. The second-order valence-corrected chi connectivity index (χ2v) is 5.53. The molecule has 3 aromatic rings. The fourth-order valence-electron chi connectivity index (χ4n) is 2.35. The molecule has 0 amide bonds. The van der Waals surface area contributed by atoms with Gasteiger partial charge in [0.2, 0.25) is 0 Å². The van der Waals surface area contributed by atoms with E-state index in [0.29, 0.717) is 12.1 Å². The molecule has 2 heterocycles. The van der Waals surface area contributed by atoms with Gasteiger partial charge in [-0.05, 0) is 36.2 Å². The van der Waals surface area contributed by atoms with Crippen molar-refractivity contribution in [3.05, 3.63) is 52.2 Å². The Morgan fingerprint density at radius 2 is 2.11 bits per heavy atom. The number of aldehydes is 1. The third kappa shape index (κ3) is 1.98. The van der Waals surface area contributed by atoms with Crippen molar-refractivity contribution in [3.8, 4) is 0 Å². The maximum atomic E-state index is 11.0. The fourth-order valence-corrected chi connectivity index (χ4v) is 3.31.